The number of nitrogens with zero attached hydrogens (tertiary/aromatic N) is 3. The van der Waals surface area contributed by atoms with Crippen LogP contribution in [0.3, 0.4) is 0 Å². The highest BCUT2D eigenvalue weighted by Crippen LogP contribution is 2.12. The van der Waals surface area contributed by atoms with Gasteiger partial charge in [-0.2, -0.15) is 0 Å². The van der Waals surface area contributed by atoms with Crippen LogP contribution >= 0.6 is 24.0 Å². The molecular formula is C21H37IN4O2. The Hall–Kier alpha value is -1.35. The highest BCUT2D eigenvalue weighted by molar-refractivity contribution is 14.0. The topological polar surface area (TPSA) is 57.2 Å². The van der Waals surface area contributed by atoms with Crippen LogP contribution in [0.2, 0.25) is 0 Å². The molecule has 0 heterocycles. The van der Waals surface area contributed by atoms with Crippen LogP contribution in [0.1, 0.15) is 45.2 Å². The number of aliphatic imine (C=N–C) groups is 1. The van der Waals surface area contributed by atoms with Gasteiger partial charge in [-0.05, 0) is 38.3 Å². The van der Waals surface area contributed by atoms with E-state index in [2.05, 4.69) is 24.4 Å². The molecule has 6 nitrogen and oxygen atoms in total. The van der Waals surface area contributed by atoms with Gasteiger partial charge >= 0.3 is 0 Å². The zero-order valence-corrected chi connectivity index (χ0v) is 20.4. The number of hydrogen-bond donors (Lipinski definition) is 1. The standard InChI is InChI=1S/C21H36N4O2.HI/c1-6-14-27-17-19-13-11-10-12-18(19)15-23-21(22-7-2)24(5)16-20(26)25(8-3)9-4;/h10-13H,6-9,14-17H2,1-5H3,(H,22,23);1H. The van der Waals surface area contributed by atoms with Crippen molar-refractivity contribution in [3.05, 3.63) is 35.4 Å². The van der Waals surface area contributed by atoms with Gasteiger partial charge in [-0.25, -0.2) is 4.99 Å². The number of nitrogens with one attached hydrogen (secondary N) is 1. The molecule has 0 aliphatic heterocycles. The number of amides is 1. The van der Waals surface area contributed by atoms with Gasteiger partial charge < -0.3 is 19.9 Å². The van der Waals surface area contributed by atoms with Gasteiger partial charge in [-0.15, -0.1) is 24.0 Å². The third kappa shape index (κ3) is 9.23. The van der Waals surface area contributed by atoms with E-state index in [0.29, 0.717) is 19.7 Å². The molecule has 160 valence electrons. The summed E-state index contributed by atoms with van der Waals surface area (Å²) in [6.45, 7) is 12.6. The first-order valence-electron chi connectivity index (χ1n) is 9.98. The van der Waals surface area contributed by atoms with E-state index in [0.717, 1.165) is 49.7 Å². The summed E-state index contributed by atoms with van der Waals surface area (Å²) in [6, 6.07) is 8.21. The van der Waals surface area contributed by atoms with Crippen molar-refractivity contribution < 1.29 is 9.53 Å². The first-order valence-corrected chi connectivity index (χ1v) is 9.98. The molecule has 1 rings (SSSR count). The Morgan fingerprint density at radius 2 is 1.75 bits per heavy atom. The molecule has 0 aliphatic rings. The summed E-state index contributed by atoms with van der Waals surface area (Å²) in [6.07, 6.45) is 1.01. The van der Waals surface area contributed by atoms with E-state index in [9.17, 15) is 4.79 Å². The average molecular weight is 504 g/mol. The molecule has 0 fully saturated rings. The lowest BCUT2D eigenvalue weighted by molar-refractivity contribution is -0.131. The smallest absolute Gasteiger partial charge is 0.242 e. The number of likely N-dealkylation sites (N-methyl/N-ethyl adjacent to an activating group) is 2. The molecule has 1 amide bonds. The second kappa shape index (κ2) is 15.6. The second-order valence-electron chi connectivity index (χ2n) is 6.41. The minimum absolute atomic E-state index is 0. The number of benzene rings is 1. The van der Waals surface area contributed by atoms with Crippen molar-refractivity contribution in [2.45, 2.75) is 47.3 Å². The molecule has 0 bridgehead atoms. The SMILES string of the molecule is CCCOCc1ccccc1CN=C(NCC)N(C)CC(=O)N(CC)CC.I. The molecule has 7 heteroatoms. The van der Waals surface area contributed by atoms with Gasteiger partial charge in [0.2, 0.25) is 5.91 Å². The van der Waals surface area contributed by atoms with Crippen LogP contribution in [0, 0.1) is 0 Å². The summed E-state index contributed by atoms with van der Waals surface area (Å²) in [7, 11) is 1.90. The first-order chi connectivity index (χ1) is 13.1. The highest BCUT2D eigenvalue weighted by atomic mass is 127. The predicted octanol–water partition coefficient (Wildman–Crippen LogP) is 3.50. The fourth-order valence-corrected chi connectivity index (χ4v) is 2.76. The summed E-state index contributed by atoms with van der Waals surface area (Å²) < 4.78 is 5.69. The number of guanidine groups is 1. The van der Waals surface area contributed by atoms with Gasteiger partial charge in [0.15, 0.2) is 5.96 Å². The molecule has 1 N–H and O–H groups in total. The maximum Gasteiger partial charge on any atom is 0.242 e. The lowest BCUT2D eigenvalue weighted by Crippen LogP contribution is -2.45. The van der Waals surface area contributed by atoms with Crippen LogP contribution in [0.5, 0.6) is 0 Å². The maximum atomic E-state index is 12.4. The zero-order valence-electron chi connectivity index (χ0n) is 18.0. The Kier molecular flexibility index (Phi) is 14.8. The number of rotatable bonds is 11. The zero-order chi connectivity index (χ0) is 20.1. The molecule has 0 spiro atoms. The number of ether oxygens (including phenoxy) is 1. The first kappa shape index (κ1) is 26.6. The molecule has 1 aromatic rings. The van der Waals surface area contributed by atoms with Crippen LogP contribution in [0.25, 0.3) is 0 Å². The third-order valence-corrected chi connectivity index (χ3v) is 4.31. The summed E-state index contributed by atoms with van der Waals surface area (Å²) in [5.41, 5.74) is 2.31. The minimum atomic E-state index is 0. The maximum absolute atomic E-state index is 12.4. The van der Waals surface area contributed by atoms with Gasteiger partial charge in [-0.3, -0.25) is 4.79 Å². The minimum Gasteiger partial charge on any atom is -0.377 e. The molecule has 0 unspecified atom stereocenters. The Morgan fingerprint density at radius 1 is 1.11 bits per heavy atom. The molecule has 0 saturated heterocycles. The largest absolute Gasteiger partial charge is 0.377 e. The monoisotopic (exact) mass is 504 g/mol. The van der Waals surface area contributed by atoms with Crippen molar-refractivity contribution in [2.75, 3.05) is 39.8 Å². The predicted molar refractivity (Wildman–Crippen MR) is 127 cm³/mol. The van der Waals surface area contributed by atoms with Crippen molar-refractivity contribution in [2.24, 2.45) is 4.99 Å². The highest BCUT2D eigenvalue weighted by Gasteiger charge is 2.15. The fourth-order valence-electron chi connectivity index (χ4n) is 2.76. The van der Waals surface area contributed by atoms with Crippen molar-refractivity contribution in [3.63, 3.8) is 0 Å². The number of carbonyl (C=O) groups is 1. The van der Waals surface area contributed by atoms with E-state index in [1.807, 2.05) is 49.8 Å². The third-order valence-electron chi connectivity index (χ3n) is 4.31. The molecular weight excluding hydrogens is 467 g/mol. The van der Waals surface area contributed by atoms with Crippen LogP contribution < -0.4 is 5.32 Å². The Balaban J connectivity index is 0.00000729. The van der Waals surface area contributed by atoms with Crippen LogP contribution in [0.4, 0.5) is 0 Å². The van der Waals surface area contributed by atoms with E-state index in [1.54, 1.807) is 0 Å². The Morgan fingerprint density at radius 3 is 2.32 bits per heavy atom. The second-order valence-corrected chi connectivity index (χ2v) is 6.41. The lowest BCUT2D eigenvalue weighted by atomic mass is 10.1. The summed E-state index contributed by atoms with van der Waals surface area (Å²) >= 11 is 0. The van der Waals surface area contributed by atoms with Gasteiger partial charge in [-0.1, -0.05) is 31.2 Å². The molecule has 1 aromatic carbocycles. The number of hydrogen-bond acceptors (Lipinski definition) is 3. The van der Waals surface area contributed by atoms with Crippen LogP contribution in [-0.2, 0) is 22.7 Å². The summed E-state index contributed by atoms with van der Waals surface area (Å²) in [5.74, 6) is 0.851. The molecule has 28 heavy (non-hydrogen) atoms. The van der Waals surface area contributed by atoms with Gasteiger partial charge in [0.05, 0.1) is 19.7 Å². The van der Waals surface area contributed by atoms with Crippen LogP contribution in [-0.4, -0.2) is 61.5 Å². The van der Waals surface area contributed by atoms with Crippen molar-refractivity contribution >= 4 is 35.8 Å². The van der Waals surface area contributed by atoms with Crippen LogP contribution in [0.15, 0.2) is 29.3 Å². The summed E-state index contributed by atoms with van der Waals surface area (Å²) in [4.78, 5) is 20.8. The van der Waals surface area contributed by atoms with E-state index >= 15 is 0 Å². The van der Waals surface area contributed by atoms with Crippen molar-refractivity contribution in [1.82, 2.24) is 15.1 Å². The fraction of sp³-hybridized carbons (Fsp3) is 0.619. The van der Waals surface area contributed by atoms with E-state index < -0.39 is 0 Å². The van der Waals surface area contributed by atoms with Gasteiger partial charge in [0.1, 0.15) is 0 Å². The van der Waals surface area contributed by atoms with Gasteiger partial charge in [0, 0.05) is 33.3 Å². The molecule has 0 radical (unpaired) electrons. The van der Waals surface area contributed by atoms with Crippen molar-refractivity contribution in [3.8, 4) is 0 Å². The number of carbonyl (C=O) groups excluding carboxylic acids is 1. The quantitative estimate of drug-likeness (QED) is 0.217. The van der Waals surface area contributed by atoms with Crippen molar-refractivity contribution in [1.29, 1.82) is 0 Å². The molecule has 0 aromatic heterocycles. The molecule has 0 atom stereocenters. The number of halogens is 1. The van der Waals surface area contributed by atoms with E-state index in [-0.39, 0.29) is 29.9 Å². The van der Waals surface area contributed by atoms with Gasteiger partial charge in [0.25, 0.3) is 0 Å². The van der Waals surface area contributed by atoms with E-state index in [1.165, 1.54) is 0 Å². The lowest BCUT2D eigenvalue weighted by Gasteiger charge is -2.25. The Labute approximate surface area is 187 Å². The average Bonchev–Trinajstić information content (AvgIpc) is 2.67. The summed E-state index contributed by atoms with van der Waals surface area (Å²) in [5, 5.41) is 3.28. The molecule has 0 saturated carbocycles. The molecule has 0 aliphatic carbocycles. The Bertz CT molecular complexity index is 592. The normalized spacial score (nSPS) is 11.0. The van der Waals surface area contributed by atoms with E-state index in [4.69, 9.17) is 9.73 Å².